The standard InChI is InChI=1S/C23H23ClN2O2/c24-17-5-7-18(8-6-17)26-22(27)15-16-9-12-23(28,13-10-16)20-11-14-25-21-4-2-1-3-19(20)21/h1-8,11,14,16,28H,9-10,12-13,15H2,(H,26,27). The summed E-state index contributed by atoms with van der Waals surface area (Å²) in [5.74, 6) is 0.285. The van der Waals surface area contributed by atoms with Gasteiger partial charge in [-0.3, -0.25) is 9.78 Å². The van der Waals surface area contributed by atoms with Gasteiger partial charge >= 0.3 is 0 Å². The molecule has 1 heterocycles. The van der Waals surface area contributed by atoms with Crippen molar-refractivity contribution in [1.82, 2.24) is 4.98 Å². The lowest BCUT2D eigenvalue weighted by Gasteiger charge is -2.37. The Kier molecular flexibility index (Phi) is 5.33. The highest BCUT2D eigenvalue weighted by Gasteiger charge is 2.36. The van der Waals surface area contributed by atoms with E-state index >= 15 is 0 Å². The molecular weight excluding hydrogens is 372 g/mol. The van der Waals surface area contributed by atoms with Crippen LogP contribution in [0.15, 0.2) is 60.8 Å². The van der Waals surface area contributed by atoms with E-state index in [2.05, 4.69) is 10.3 Å². The van der Waals surface area contributed by atoms with Gasteiger partial charge in [0.15, 0.2) is 0 Å². The summed E-state index contributed by atoms with van der Waals surface area (Å²) in [6, 6.07) is 17.0. The SMILES string of the molecule is O=C(CC1CCC(O)(c2ccnc3ccccc23)CC1)Nc1ccc(Cl)cc1. The molecule has 1 amide bonds. The first kappa shape index (κ1) is 18.9. The lowest BCUT2D eigenvalue weighted by Crippen LogP contribution is -2.33. The molecule has 4 rings (SSSR count). The Labute approximate surface area is 169 Å². The van der Waals surface area contributed by atoms with Crippen LogP contribution in [0.1, 0.15) is 37.7 Å². The third-order valence-electron chi connectivity index (χ3n) is 5.68. The number of carbonyl (C=O) groups excluding carboxylic acids is 1. The maximum absolute atomic E-state index is 12.4. The quantitative estimate of drug-likeness (QED) is 0.631. The molecule has 1 fully saturated rings. The van der Waals surface area contributed by atoms with Gasteiger partial charge in [0.2, 0.25) is 5.91 Å². The molecule has 0 saturated heterocycles. The van der Waals surface area contributed by atoms with Gasteiger partial charge in [-0.25, -0.2) is 0 Å². The number of aliphatic hydroxyl groups is 1. The lowest BCUT2D eigenvalue weighted by molar-refractivity contribution is -0.118. The number of rotatable bonds is 4. The molecule has 3 aromatic rings. The van der Waals surface area contributed by atoms with E-state index in [0.29, 0.717) is 24.3 Å². The predicted octanol–water partition coefficient (Wildman–Crippen LogP) is 5.29. The molecule has 28 heavy (non-hydrogen) atoms. The van der Waals surface area contributed by atoms with Gasteiger partial charge in [-0.1, -0.05) is 29.8 Å². The van der Waals surface area contributed by atoms with E-state index in [1.807, 2.05) is 30.3 Å². The van der Waals surface area contributed by atoms with Crippen LogP contribution >= 0.6 is 11.6 Å². The fourth-order valence-corrected chi connectivity index (χ4v) is 4.26. The molecule has 1 saturated carbocycles. The topological polar surface area (TPSA) is 62.2 Å². The van der Waals surface area contributed by atoms with Crippen molar-refractivity contribution in [1.29, 1.82) is 0 Å². The van der Waals surface area contributed by atoms with Gasteiger partial charge in [0.25, 0.3) is 0 Å². The molecule has 0 radical (unpaired) electrons. The zero-order valence-electron chi connectivity index (χ0n) is 15.6. The first-order chi connectivity index (χ1) is 13.5. The number of amides is 1. The second-order valence-corrected chi connectivity index (χ2v) is 8.05. The second kappa shape index (κ2) is 7.90. The maximum atomic E-state index is 12.4. The average molecular weight is 395 g/mol. The van der Waals surface area contributed by atoms with Crippen molar-refractivity contribution in [3.8, 4) is 0 Å². The first-order valence-corrected chi connectivity index (χ1v) is 10.0. The van der Waals surface area contributed by atoms with Gasteiger partial charge in [0.1, 0.15) is 0 Å². The number of hydrogen-bond donors (Lipinski definition) is 2. The van der Waals surface area contributed by atoms with E-state index in [4.69, 9.17) is 11.6 Å². The van der Waals surface area contributed by atoms with Crippen LogP contribution in [0.4, 0.5) is 5.69 Å². The monoisotopic (exact) mass is 394 g/mol. The van der Waals surface area contributed by atoms with Crippen LogP contribution in [-0.2, 0) is 10.4 Å². The van der Waals surface area contributed by atoms with Crippen LogP contribution in [0.25, 0.3) is 10.9 Å². The Morgan fingerprint density at radius 2 is 1.82 bits per heavy atom. The highest BCUT2D eigenvalue weighted by Crippen LogP contribution is 2.42. The summed E-state index contributed by atoms with van der Waals surface area (Å²) in [6.07, 6.45) is 5.18. The summed E-state index contributed by atoms with van der Waals surface area (Å²) in [4.78, 5) is 16.8. The normalized spacial score (nSPS) is 22.1. The van der Waals surface area contributed by atoms with Crippen LogP contribution in [-0.4, -0.2) is 16.0 Å². The minimum atomic E-state index is -0.855. The molecule has 2 aromatic carbocycles. The Hall–Kier alpha value is -2.43. The minimum absolute atomic E-state index is 0.00660. The van der Waals surface area contributed by atoms with Crippen LogP contribution < -0.4 is 5.32 Å². The number of nitrogens with zero attached hydrogens (tertiary/aromatic N) is 1. The fraction of sp³-hybridized carbons (Fsp3) is 0.304. The zero-order valence-corrected chi connectivity index (χ0v) is 16.3. The van der Waals surface area contributed by atoms with Crippen molar-refractivity contribution in [3.05, 3.63) is 71.4 Å². The molecule has 4 nitrogen and oxygen atoms in total. The number of aromatic nitrogens is 1. The lowest BCUT2D eigenvalue weighted by atomic mass is 9.73. The molecular formula is C23H23ClN2O2. The molecule has 0 aliphatic heterocycles. The third-order valence-corrected chi connectivity index (χ3v) is 5.94. The molecule has 5 heteroatoms. The summed E-state index contributed by atoms with van der Waals surface area (Å²) >= 11 is 5.88. The van der Waals surface area contributed by atoms with Gasteiger partial charge in [-0.05, 0) is 73.6 Å². The molecule has 1 aromatic heterocycles. The van der Waals surface area contributed by atoms with Gasteiger partial charge in [-0.15, -0.1) is 0 Å². The van der Waals surface area contributed by atoms with Crippen molar-refractivity contribution >= 4 is 34.1 Å². The molecule has 0 bridgehead atoms. The molecule has 2 N–H and O–H groups in total. The van der Waals surface area contributed by atoms with E-state index in [9.17, 15) is 9.90 Å². The van der Waals surface area contributed by atoms with Crippen molar-refractivity contribution in [2.75, 3.05) is 5.32 Å². The molecule has 1 aliphatic rings. The fourth-order valence-electron chi connectivity index (χ4n) is 4.14. The second-order valence-electron chi connectivity index (χ2n) is 7.61. The molecule has 144 valence electrons. The third kappa shape index (κ3) is 4.03. The maximum Gasteiger partial charge on any atom is 0.224 e. The van der Waals surface area contributed by atoms with E-state index in [-0.39, 0.29) is 11.8 Å². The molecule has 1 aliphatic carbocycles. The van der Waals surface area contributed by atoms with Crippen molar-refractivity contribution < 1.29 is 9.90 Å². The number of benzene rings is 2. The van der Waals surface area contributed by atoms with E-state index in [1.54, 1.807) is 30.5 Å². The zero-order chi connectivity index (χ0) is 19.6. The number of nitrogens with one attached hydrogen (secondary N) is 1. The van der Waals surface area contributed by atoms with Crippen LogP contribution in [0.2, 0.25) is 5.02 Å². The van der Waals surface area contributed by atoms with Gasteiger partial charge in [-0.2, -0.15) is 0 Å². The Morgan fingerprint density at radius 1 is 1.11 bits per heavy atom. The summed E-state index contributed by atoms with van der Waals surface area (Å²) in [7, 11) is 0. The summed E-state index contributed by atoms with van der Waals surface area (Å²) in [6.45, 7) is 0. The molecule has 0 unspecified atom stereocenters. The summed E-state index contributed by atoms with van der Waals surface area (Å²) < 4.78 is 0. The van der Waals surface area contributed by atoms with Crippen LogP contribution in [0.3, 0.4) is 0 Å². The van der Waals surface area contributed by atoms with E-state index in [1.165, 1.54) is 0 Å². The Balaban J connectivity index is 1.39. The average Bonchev–Trinajstić information content (AvgIpc) is 2.71. The summed E-state index contributed by atoms with van der Waals surface area (Å²) in [5, 5.41) is 15.9. The number of hydrogen-bond acceptors (Lipinski definition) is 3. The number of halogens is 1. The predicted molar refractivity (Wildman–Crippen MR) is 112 cm³/mol. The first-order valence-electron chi connectivity index (χ1n) is 9.65. The molecule has 0 spiro atoms. The highest BCUT2D eigenvalue weighted by molar-refractivity contribution is 6.30. The summed E-state index contributed by atoms with van der Waals surface area (Å²) in [5.41, 5.74) is 1.75. The van der Waals surface area contributed by atoms with Gasteiger partial charge in [0.05, 0.1) is 11.1 Å². The van der Waals surface area contributed by atoms with Crippen molar-refractivity contribution in [3.63, 3.8) is 0 Å². The van der Waals surface area contributed by atoms with Crippen molar-refractivity contribution in [2.45, 2.75) is 37.7 Å². The van der Waals surface area contributed by atoms with E-state index < -0.39 is 5.60 Å². The number of carbonyl (C=O) groups is 1. The largest absolute Gasteiger partial charge is 0.385 e. The smallest absolute Gasteiger partial charge is 0.224 e. The van der Waals surface area contributed by atoms with Crippen LogP contribution in [0, 0.1) is 5.92 Å². The van der Waals surface area contributed by atoms with Crippen LogP contribution in [0.5, 0.6) is 0 Å². The van der Waals surface area contributed by atoms with Gasteiger partial charge in [0, 0.05) is 28.7 Å². The van der Waals surface area contributed by atoms with E-state index in [0.717, 1.165) is 35.0 Å². The van der Waals surface area contributed by atoms with Crippen molar-refractivity contribution in [2.24, 2.45) is 5.92 Å². The number of pyridine rings is 1. The molecule has 0 atom stereocenters. The number of fused-ring (bicyclic) bond motifs is 1. The van der Waals surface area contributed by atoms with Gasteiger partial charge < -0.3 is 10.4 Å². The Bertz CT molecular complexity index is 974. The number of para-hydroxylation sites is 1. The number of anilines is 1. The minimum Gasteiger partial charge on any atom is -0.385 e. The highest BCUT2D eigenvalue weighted by atomic mass is 35.5. The Morgan fingerprint density at radius 3 is 2.57 bits per heavy atom.